The van der Waals surface area contributed by atoms with E-state index in [0.717, 1.165) is 27.9 Å². The number of nitrogens with zero attached hydrogens (tertiary/aromatic N) is 4. The van der Waals surface area contributed by atoms with Gasteiger partial charge < -0.3 is 10.1 Å². The van der Waals surface area contributed by atoms with E-state index in [2.05, 4.69) is 20.4 Å². The molecule has 0 spiro atoms. The Morgan fingerprint density at radius 1 is 1.50 bits per heavy atom. The van der Waals surface area contributed by atoms with Crippen molar-refractivity contribution < 1.29 is 4.74 Å². The lowest BCUT2D eigenvalue weighted by Gasteiger charge is -2.08. The maximum absolute atomic E-state index is 5.19. The van der Waals surface area contributed by atoms with E-state index in [-0.39, 0.29) is 6.10 Å². The van der Waals surface area contributed by atoms with E-state index >= 15 is 0 Å². The second kappa shape index (κ2) is 5.56. The van der Waals surface area contributed by atoms with E-state index in [4.69, 9.17) is 4.74 Å². The van der Waals surface area contributed by atoms with Crippen LogP contribution in [0.4, 0.5) is 5.13 Å². The SMILES string of the molecule is COC(C)CNc1nn2cc(-c3cccnc3)nc2s1. The van der Waals surface area contributed by atoms with Crippen molar-refractivity contribution in [2.24, 2.45) is 0 Å². The number of hydrogen-bond acceptors (Lipinski definition) is 6. The highest BCUT2D eigenvalue weighted by Crippen LogP contribution is 2.23. The zero-order chi connectivity index (χ0) is 13.9. The third-order valence-electron chi connectivity index (χ3n) is 2.94. The van der Waals surface area contributed by atoms with Crippen LogP contribution in [0.5, 0.6) is 0 Å². The first-order valence-electron chi connectivity index (χ1n) is 6.29. The van der Waals surface area contributed by atoms with E-state index in [1.807, 2.05) is 25.3 Å². The quantitative estimate of drug-likeness (QED) is 0.781. The first-order chi connectivity index (χ1) is 9.76. The van der Waals surface area contributed by atoms with Gasteiger partial charge in [0.05, 0.1) is 18.0 Å². The Labute approximate surface area is 120 Å². The normalized spacial score (nSPS) is 12.7. The number of fused-ring (bicyclic) bond motifs is 1. The van der Waals surface area contributed by atoms with Gasteiger partial charge in [0.15, 0.2) is 0 Å². The standard InChI is InChI=1S/C13H15N5OS/c1-9(19-2)6-15-12-17-18-8-11(16-13(18)20-12)10-4-3-5-14-7-10/h3-5,7-9H,6H2,1-2H3,(H,15,17). The maximum Gasteiger partial charge on any atom is 0.214 e. The molecule has 0 radical (unpaired) electrons. The Morgan fingerprint density at radius 3 is 3.10 bits per heavy atom. The molecule has 0 aliphatic heterocycles. The summed E-state index contributed by atoms with van der Waals surface area (Å²) < 4.78 is 6.97. The summed E-state index contributed by atoms with van der Waals surface area (Å²) in [6, 6.07) is 3.88. The number of aromatic nitrogens is 4. The summed E-state index contributed by atoms with van der Waals surface area (Å²) >= 11 is 1.52. The van der Waals surface area contributed by atoms with Crippen LogP contribution in [0.2, 0.25) is 0 Å². The van der Waals surface area contributed by atoms with E-state index in [9.17, 15) is 0 Å². The van der Waals surface area contributed by atoms with E-state index in [1.54, 1.807) is 24.0 Å². The molecule has 3 heterocycles. The lowest BCUT2D eigenvalue weighted by atomic mass is 10.2. The number of pyridine rings is 1. The van der Waals surface area contributed by atoms with Crippen LogP contribution in [0.1, 0.15) is 6.92 Å². The zero-order valence-electron chi connectivity index (χ0n) is 11.3. The van der Waals surface area contributed by atoms with Crippen molar-refractivity contribution in [2.75, 3.05) is 19.0 Å². The molecule has 0 amide bonds. The van der Waals surface area contributed by atoms with Gasteiger partial charge in [-0.3, -0.25) is 4.98 Å². The van der Waals surface area contributed by atoms with Crippen LogP contribution in [0.3, 0.4) is 0 Å². The number of methoxy groups -OCH3 is 1. The predicted octanol–water partition coefficient (Wildman–Crippen LogP) is 2.30. The molecule has 3 aromatic rings. The Balaban J connectivity index is 1.79. The average molecular weight is 289 g/mol. The largest absolute Gasteiger partial charge is 0.380 e. The van der Waals surface area contributed by atoms with Crippen LogP contribution in [0.15, 0.2) is 30.7 Å². The summed E-state index contributed by atoms with van der Waals surface area (Å²) in [5, 5.41) is 8.53. The minimum absolute atomic E-state index is 0.150. The molecule has 3 aromatic heterocycles. The van der Waals surface area contributed by atoms with Crippen molar-refractivity contribution in [1.29, 1.82) is 0 Å². The number of ether oxygens (including phenoxy) is 1. The number of imidazole rings is 1. The molecule has 0 aliphatic carbocycles. The van der Waals surface area contributed by atoms with Crippen LogP contribution in [0.25, 0.3) is 16.2 Å². The number of rotatable bonds is 5. The van der Waals surface area contributed by atoms with Gasteiger partial charge in [-0.05, 0) is 19.1 Å². The third kappa shape index (κ3) is 2.63. The Hall–Kier alpha value is -1.99. The topological polar surface area (TPSA) is 64.3 Å². The summed E-state index contributed by atoms with van der Waals surface area (Å²) in [6.07, 6.45) is 5.61. The minimum atomic E-state index is 0.150. The predicted molar refractivity (Wildman–Crippen MR) is 79.1 cm³/mol. The molecular formula is C13H15N5OS. The third-order valence-corrected chi connectivity index (χ3v) is 3.82. The fraction of sp³-hybridized carbons (Fsp3) is 0.308. The van der Waals surface area contributed by atoms with Gasteiger partial charge in [-0.2, -0.15) is 0 Å². The van der Waals surface area contributed by atoms with E-state index < -0.39 is 0 Å². The smallest absolute Gasteiger partial charge is 0.214 e. The minimum Gasteiger partial charge on any atom is -0.380 e. The van der Waals surface area contributed by atoms with Crippen LogP contribution in [-0.2, 0) is 4.74 Å². The van der Waals surface area contributed by atoms with Gasteiger partial charge in [-0.15, -0.1) is 5.10 Å². The Bertz CT molecular complexity index is 662. The van der Waals surface area contributed by atoms with E-state index in [1.165, 1.54) is 11.3 Å². The van der Waals surface area contributed by atoms with Crippen molar-refractivity contribution in [3.63, 3.8) is 0 Å². The lowest BCUT2D eigenvalue weighted by molar-refractivity contribution is 0.129. The van der Waals surface area contributed by atoms with Crippen LogP contribution >= 0.6 is 11.3 Å². The molecule has 1 N–H and O–H groups in total. The molecule has 6 nitrogen and oxygen atoms in total. The highest BCUT2D eigenvalue weighted by molar-refractivity contribution is 7.20. The molecule has 104 valence electrons. The van der Waals surface area contributed by atoms with Crippen LogP contribution in [0, 0.1) is 0 Å². The first-order valence-corrected chi connectivity index (χ1v) is 7.11. The maximum atomic E-state index is 5.19. The molecule has 0 saturated carbocycles. The molecule has 1 unspecified atom stereocenters. The van der Waals surface area contributed by atoms with Crippen molar-refractivity contribution in [1.82, 2.24) is 19.6 Å². The van der Waals surface area contributed by atoms with Gasteiger partial charge in [0.25, 0.3) is 0 Å². The molecule has 0 fully saturated rings. The van der Waals surface area contributed by atoms with Gasteiger partial charge in [-0.25, -0.2) is 9.50 Å². The molecule has 0 aromatic carbocycles. The summed E-state index contributed by atoms with van der Waals surface area (Å²) in [4.78, 5) is 9.52. The summed E-state index contributed by atoms with van der Waals surface area (Å²) in [6.45, 7) is 2.73. The average Bonchev–Trinajstić information content (AvgIpc) is 3.04. The number of anilines is 1. The van der Waals surface area contributed by atoms with Crippen LogP contribution in [-0.4, -0.2) is 39.3 Å². The highest BCUT2D eigenvalue weighted by atomic mass is 32.1. The number of nitrogens with one attached hydrogen (secondary N) is 1. The zero-order valence-corrected chi connectivity index (χ0v) is 12.1. The van der Waals surface area contributed by atoms with Crippen molar-refractivity contribution >= 4 is 21.4 Å². The molecular weight excluding hydrogens is 274 g/mol. The molecule has 1 atom stereocenters. The van der Waals surface area contributed by atoms with Crippen molar-refractivity contribution in [3.8, 4) is 11.3 Å². The summed E-state index contributed by atoms with van der Waals surface area (Å²) in [5.74, 6) is 0. The van der Waals surface area contributed by atoms with Crippen molar-refractivity contribution in [3.05, 3.63) is 30.7 Å². The Morgan fingerprint density at radius 2 is 2.40 bits per heavy atom. The highest BCUT2D eigenvalue weighted by Gasteiger charge is 2.10. The van der Waals surface area contributed by atoms with Gasteiger partial charge in [0.2, 0.25) is 10.1 Å². The monoisotopic (exact) mass is 289 g/mol. The second-order valence-electron chi connectivity index (χ2n) is 4.43. The van der Waals surface area contributed by atoms with Gasteiger partial charge >= 0.3 is 0 Å². The summed E-state index contributed by atoms with van der Waals surface area (Å²) in [5.41, 5.74) is 1.88. The number of hydrogen-bond donors (Lipinski definition) is 1. The van der Waals surface area contributed by atoms with E-state index in [0.29, 0.717) is 0 Å². The van der Waals surface area contributed by atoms with Gasteiger partial charge in [0, 0.05) is 31.6 Å². The fourth-order valence-electron chi connectivity index (χ4n) is 1.74. The molecule has 7 heteroatoms. The second-order valence-corrected chi connectivity index (χ2v) is 5.39. The summed E-state index contributed by atoms with van der Waals surface area (Å²) in [7, 11) is 1.70. The molecule has 0 saturated heterocycles. The molecule has 20 heavy (non-hydrogen) atoms. The Kier molecular flexibility index (Phi) is 3.62. The van der Waals surface area contributed by atoms with Gasteiger partial charge in [0.1, 0.15) is 0 Å². The molecule has 0 aliphatic rings. The lowest BCUT2D eigenvalue weighted by Crippen LogP contribution is -2.17. The molecule has 0 bridgehead atoms. The van der Waals surface area contributed by atoms with Crippen molar-refractivity contribution in [2.45, 2.75) is 13.0 Å². The van der Waals surface area contributed by atoms with Gasteiger partial charge in [-0.1, -0.05) is 11.3 Å². The molecule has 3 rings (SSSR count). The van der Waals surface area contributed by atoms with Crippen LogP contribution < -0.4 is 5.32 Å². The first kappa shape index (κ1) is 13.0. The fourth-order valence-corrected chi connectivity index (χ4v) is 2.53.